The maximum Gasteiger partial charge on any atom is 0.123 e. The third kappa shape index (κ3) is 4.21. The highest BCUT2D eigenvalue weighted by Crippen LogP contribution is 2.44. The van der Waals surface area contributed by atoms with Crippen molar-refractivity contribution in [2.45, 2.75) is 25.3 Å². The molecule has 1 aromatic carbocycles. The van der Waals surface area contributed by atoms with Gasteiger partial charge in [0.2, 0.25) is 0 Å². The van der Waals surface area contributed by atoms with E-state index in [9.17, 15) is 0 Å². The minimum atomic E-state index is 0. The topological polar surface area (TPSA) is 24.5 Å². The predicted octanol–water partition coefficient (Wildman–Crippen LogP) is 3.94. The van der Waals surface area contributed by atoms with E-state index in [1.807, 2.05) is 12.1 Å². The van der Waals surface area contributed by atoms with Crippen molar-refractivity contribution >= 4 is 36.4 Å². The molecule has 3 nitrogen and oxygen atoms in total. The number of nitrogens with zero attached hydrogens (tertiary/aromatic N) is 1. The van der Waals surface area contributed by atoms with Gasteiger partial charge < -0.3 is 10.1 Å². The van der Waals surface area contributed by atoms with Crippen molar-refractivity contribution in [1.29, 1.82) is 0 Å². The van der Waals surface area contributed by atoms with Crippen LogP contribution in [-0.4, -0.2) is 38.2 Å². The van der Waals surface area contributed by atoms with Crippen molar-refractivity contribution < 1.29 is 4.74 Å². The number of nitrogens with one attached hydrogen (secondary N) is 1. The van der Waals surface area contributed by atoms with Crippen molar-refractivity contribution in [3.63, 3.8) is 0 Å². The number of benzene rings is 1. The Morgan fingerprint density at radius 3 is 2.45 bits per heavy atom. The second-order valence-corrected chi connectivity index (χ2v) is 6.24. The van der Waals surface area contributed by atoms with E-state index < -0.39 is 0 Å². The van der Waals surface area contributed by atoms with Crippen molar-refractivity contribution in [2.24, 2.45) is 5.92 Å². The molecule has 0 bridgehead atoms. The second kappa shape index (κ2) is 9.19. The fourth-order valence-electron chi connectivity index (χ4n) is 3.40. The Morgan fingerprint density at radius 2 is 1.91 bits per heavy atom. The van der Waals surface area contributed by atoms with Gasteiger partial charge in [-0.15, -0.1) is 24.8 Å². The SMILES string of the molecule is COc1ccc(Cl)cc1[C@H](C1CCC1)N1CCNCC1.Cl.Cl. The summed E-state index contributed by atoms with van der Waals surface area (Å²) in [5.74, 6) is 1.73. The highest BCUT2D eigenvalue weighted by atomic mass is 35.5. The summed E-state index contributed by atoms with van der Waals surface area (Å²) in [6.45, 7) is 4.37. The Balaban J connectivity index is 0.00000121. The minimum absolute atomic E-state index is 0. The lowest BCUT2D eigenvalue weighted by Gasteiger charge is -2.43. The van der Waals surface area contributed by atoms with Crippen molar-refractivity contribution in [3.05, 3.63) is 28.8 Å². The van der Waals surface area contributed by atoms with Crippen molar-refractivity contribution in [1.82, 2.24) is 10.2 Å². The molecule has 0 amide bonds. The zero-order chi connectivity index (χ0) is 13.9. The van der Waals surface area contributed by atoms with Gasteiger partial charge in [-0.3, -0.25) is 4.90 Å². The molecule has 2 fully saturated rings. The predicted molar refractivity (Wildman–Crippen MR) is 97.0 cm³/mol. The summed E-state index contributed by atoms with van der Waals surface area (Å²) in [7, 11) is 1.75. The molecule has 2 aliphatic rings. The Kier molecular flexibility index (Phi) is 8.29. The lowest BCUT2D eigenvalue weighted by Crippen LogP contribution is -2.47. The number of hydrogen-bond donors (Lipinski definition) is 1. The first-order chi connectivity index (χ1) is 9.79. The molecule has 0 radical (unpaired) electrons. The summed E-state index contributed by atoms with van der Waals surface area (Å²) in [6.07, 6.45) is 4.00. The van der Waals surface area contributed by atoms with E-state index in [0.717, 1.165) is 42.9 Å². The van der Waals surface area contributed by atoms with E-state index in [1.54, 1.807) is 7.11 Å². The normalized spacial score (nSPS) is 20.3. The molecule has 1 aromatic rings. The van der Waals surface area contributed by atoms with E-state index in [1.165, 1.54) is 24.8 Å². The lowest BCUT2D eigenvalue weighted by molar-refractivity contribution is 0.0818. The molecule has 1 N–H and O–H groups in total. The first-order valence-corrected chi connectivity index (χ1v) is 7.95. The number of ether oxygens (including phenoxy) is 1. The van der Waals surface area contributed by atoms with Crippen LogP contribution in [0.5, 0.6) is 5.75 Å². The summed E-state index contributed by atoms with van der Waals surface area (Å²) in [6, 6.07) is 6.48. The zero-order valence-electron chi connectivity index (χ0n) is 12.9. The molecule has 22 heavy (non-hydrogen) atoms. The van der Waals surface area contributed by atoms with Gasteiger partial charge in [0.05, 0.1) is 7.11 Å². The van der Waals surface area contributed by atoms with Gasteiger partial charge in [-0.05, 0) is 37.0 Å². The summed E-state index contributed by atoms with van der Waals surface area (Å²) in [5.41, 5.74) is 1.27. The number of methoxy groups -OCH3 is 1. The lowest BCUT2D eigenvalue weighted by atomic mass is 9.76. The molecule has 126 valence electrons. The van der Waals surface area contributed by atoms with Crippen LogP contribution in [0.15, 0.2) is 18.2 Å². The molecule has 1 atom stereocenters. The fraction of sp³-hybridized carbons (Fsp3) is 0.625. The van der Waals surface area contributed by atoms with Gasteiger partial charge in [0.25, 0.3) is 0 Å². The van der Waals surface area contributed by atoms with E-state index in [0.29, 0.717) is 6.04 Å². The van der Waals surface area contributed by atoms with Gasteiger partial charge in [0, 0.05) is 42.8 Å². The molecule has 0 spiro atoms. The van der Waals surface area contributed by atoms with Gasteiger partial charge in [-0.25, -0.2) is 0 Å². The standard InChI is InChI=1S/C16H23ClN2O.2ClH/c1-20-15-6-5-13(17)11-14(15)16(12-3-2-4-12)19-9-7-18-8-10-19;;/h5-6,11-12,16,18H,2-4,7-10H2,1H3;2*1H/t16-;;/m0../s1. The Labute approximate surface area is 150 Å². The Bertz CT molecular complexity index is 463. The molecular weight excluding hydrogens is 343 g/mol. The van der Waals surface area contributed by atoms with Gasteiger partial charge >= 0.3 is 0 Å². The molecule has 1 aliphatic carbocycles. The van der Waals surface area contributed by atoms with E-state index >= 15 is 0 Å². The first-order valence-electron chi connectivity index (χ1n) is 7.58. The third-order valence-corrected chi connectivity index (χ3v) is 4.89. The van der Waals surface area contributed by atoms with E-state index in [2.05, 4.69) is 16.3 Å². The van der Waals surface area contributed by atoms with Crippen molar-refractivity contribution in [2.75, 3.05) is 33.3 Å². The molecule has 1 aliphatic heterocycles. The monoisotopic (exact) mass is 366 g/mol. The molecule has 3 rings (SSSR count). The Hall–Kier alpha value is -0.190. The van der Waals surface area contributed by atoms with E-state index in [-0.39, 0.29) is 24.8 Å². The summed E-state index contributed by atoms with van der Waals surface area (Å²) >= 11 is 6.24. The smallest absolute Gasteiger partial charge is 0.123 e. The number of halogens is 3. The average Bonchev–Trinajstić information content (AvgIpc) is 2.43. The highest BCUT2D eigenvalue weighted by molar-refractivity contribution is 6.30. The fourth-order valence-corrected chi connectivity index (χ4v) is 3.58. The van der Waals surface area contributed by atoms with Crippen LogP contribution in [0.1, 0.15) is 30.9 Å². The van der Waals surface area contributed by atoms with Gasteiger partial charge in [-0.1, -0.05) is 18.0 Å². The molecule has 6 heteroatoms. The summed E-state index contributed by atoms with van der Waals surface area (Å²) in [5, 5.41) is 4.24. The van der Waals surface area contributed by atoms with Crippen LogP contribution < -0.4 is 10.1 Å². The van der Waals surface area contributed by atoms with Crippen LogP contribution in [0.25, 0.3) is 0 Å². The first kappa shape index (κ1) is 19.9. The Morgan fingerprint density at radius 1 is 1.23 bits per heavy atom. The second-order valence-electron chi connectivity index (χ2n) is 5.81. The van der Waals surface area contributed by atoms with Crippen LogP contribution in [0, 0.1) is 5.92 Å². The highest BCUT2D eigenvalue weighted by Gasteiger charge is 2.35. The van der Waals surface area contributed by atoms with Crippen molar-refractivity contribution in [3.8, 4) is 5.75 Å². The van der Waals surface area contributed by atoms with Crippen LogP contribution >= 0.6 is 36.4 Å². The number of rotatable bonds is 4. The molecule has 1 heterocycles. The third-order valence-electron chi connectivity index (χ3n) is 4.65. The maximum absolute atomic E-state index is 6.24. The number of hydrogen-bond acceptors (Lipinski definition) is 3. The summed E-state index contributed by atoms with van der Waals surface area (Å²) < 4.78 is 5.59. The van der Waals surface area contributed by atoms with Crippen LogP contribution in [0.2, 0.25) is 5.02 Å². The summed E-state index contributed by atoms with van der Waals surface area (Å²) in [4.78, 5) is 2.61. The molecular formula is C16H25Cl3N2O. The maximum atomic E-state index is 6.24. The molecule has 1 saturated carbocycles. The average molecular weight is 368 g/mol. The van der Waals surface area contributed by atoms with Gasteiger partial charge in [0.1, 0.15) is 5.75 Å². The molecule has 1 saturated heterocycles. The zero-order valence-corrected chi connectivity index (χ0v) is 15.3. The van der Waals surface area contributed by atoms with Gasteiger partial charge in [-0.2, -0.15) is 0 Å². The van der Waals surface area contributed by atoms with Crippen LogP contribution in [-0.2, 0) is 0 Å². The number of piperazine rings is 1. The minimum Gasteiger partial charge on any atom is -0.496 e. The van der Waals surface area contributed by atoms with Gasteiger partial charge in [0.15, 0.2) is 0 Å². The van der Waals surface area contributed by atoms with Crippen LogP contribution in [0.4, 0.5) is 0 Å². The van der Waals surface area contributed by atoms with E-state index in [4.69, 9.17) is 16.3 Å². The largest absolute Gasteiger partial charge is 0.496 e. The quantitative estimate of drug-likeness (QED) is 0.872. The molecule has 0 unspecified atom stereocenters. The van der Waals surface area contributed by atoms with Crippen LogP contribution in [0.3, 0.4) is 0 Å². The molecule has 0 aromatic heterocycles.